The molecule has 2 rings (SSSR count). The minimum absolute atomic E-state index is 0.0877. The Bertz CT molecular complexity index is 585. The molecular weight excluding hydrogens is 257 g/mol. The Kier molecular flexibility index (Phi) is 3.52. The van der Waals surface area contributed by atoms with Crippen LogP contribution in [0, 0.1) is 22.9 Å². The van der Waals surface area contributed by atoms with Crippen LogP contribution in [0.2, 0.25) is 0 Å². The van der Waals surface area contributed by atoms with Gasteiger partial charge in [-0.05, 0) is 13.0 Å². The number of aromatic nitrogens is 1. The van der Waals surface area contributed by atoms with E-state index in [2.05, 4.69) is 10.3 Å². The molecule has 0 aliphatic rings. The number of nitro benzene ring substituents is 1. The summed E-state index contributed by atoms with van der Waals surface area (Å²) in [7, 11) is 0. The summed E-state index contributed by atoms with van der Waals surface area (Å²) in [5, 5.41) is 13.6. The molecule has 0 spiro atoms. The summed E-state index contributed by atoms with van der Waals surface area (Å²) >= 11 is 1.42. The van der Waals surface area contributed by atoms with Crippen LogP contribution in [0.1, 0.15) is 10.6 Å². The van der Waals surface area contributed by atoms with Gasteiger partial charge < -0.3 is 5.32 Å². The third-order valence-electron chi connectivity index (χ3n) is 2.46. The van der Waals surface area contributed by atoms with Gasteiger partial charge in [0.2, 0.25) is 0 Å². The maximum Gasteiger partial charge on any atom is 0.295 e. The molecule has 0 unspecified atom stereocenters. The lowest BCUT2D eigenvalue weighted by molar-refractivity contribution is -0.384. The molecule has 1 aromatic carbocycles. The zero-order valence-electron chi connectivity index (χ0n) is 9.51. The van der Waals surface area contributed by atoms with E-state index in [-0.39, 0.29) is 11.4 Å². The number of nitro groups is 1. The molecule has 1 aromatic heterocycles. The predicted octanol–water partition coefficient (Wildman–Crippen LogP) is 3.11. The number of hydrogen-bond donors (Lipinski definition) is 1. The molecule has 0 bridgehead atoms. The molecule has 0 radical (unpaired) electrons. The van der Waals surface area contributed by atoms with Crippen LogP contribution in [0.15, 0.2) is 23.7 Å². The van der Waals surface area contributed by atoms with Crippen LogP contribution in [0.3, 0.4) is 0 Å². The van der Waals surface area contributed by atoms with Crippen molar-refractivity contribution >= 4 is 22.7 Å². The van der Waals surface area contributed by atoms with Crippen LogP contribution in [0.4, 0.5) is 15.8 Å². The molecule has 0 aliphatic heterocycles. The third kappa shape index (κ3) is 2.45. The van der Waals surface area contributed by atoms with Crippen LogP contribution < -0.4 is 5.32 Å². The molecule has 18 heavy (non-hydrogen) atoms. The number of halogens is 1. The molecule has 94 valence electrons. The van der Waals surface area contributed by atoms with Crippen molar-refractivity contribution in [2.24, 2.45) is 0 Å². The van der Waals surface area contributed by atoms with Gasteiger partial charge in [-0.3, -0.25) is 10.1 Å². The molecular formula is C11H10FN3O2S. The summed E-state index contributed by atoms with van der Waals surface area (Å²) in [6.07, 6.45) is 0. The molecule has 1 N–H and O–H groups in total. The zero-order chi connectivity index (χ0) is 13.1. The second-order valence-electron chi connectivity index (χ2n) is 3.61. The van der Waals surface area contributed by atoms with Crippen LogP contribution in [-0.2, 0) is 6.54 Å². The summed E-state index contributed by atoms with van der Waals surface area (Å²) in [5.41, 5.74) is 2.17. The minimum atomic E-state index is -0.633. The Hall–Kier alpha value is -2.02. The van der Waals surface area contributed by atoms with Crippen molar-refractivity contribution in [2.45, 2.75) is 13.5 Å². The van der Waals surface area contributed by atoms with Gasteiger partial charge in [0.25, 0.3) is 5.69 Å². The largest absolute Gasteiger partial charge is 0.372 e. The average Bonchev–Trinajstić information content (AvgIpc) is 2.73. The van der Waals surface area contributed by atoms with Crippen molar-refractivity contribution < 1.29 is 9.31 Å². The van der Waals surface area contributed by atoms with E-state index in [4.69, 9.17) is 0 Å². The van der Waals surface area contributed by atoms with Gasteiger partial charge in [0.1, 0.15) is 5.69 Å². The van der Waals surface area contributed by atoms with E-state index >= 15 is 0 Å². The summed E-state index contributed by atoms with van der Waals surface area (Å²) in [5.74, 6) is -0.633. The van der Waals surface area contributed by atoms with E-state index in [1.54, 1.807) is 5.51 Å². The number of hydrogen-bond acceptors (Lipinski definition) is 5. The quantitative estimate of drug-likeness (QED) is 0.682. The van der Waals surface area contributed by atoms with E-state index in [0.29, 0.717) is 6.54 Å². The number of benzene rings is 1. The topological polar surface area (TPSA) is 68.1 Å². The van der Waals surface area contributed by atoms with Gasteiger partial charge in [-0.2, -0.15) is 0 Å². The third-order valence-corrected chi connectivity index (χ3v) is 3.39. The normalized spacial score (nSPS) is 10.3. The van der Waals surface area contributed by atoms with E-state index in [0.717, 1.165) is 10.6 Å². The Morgan fingerprint density at radius 2 is 2.33 bits per heavy atom. The second-order valence-corrected chi connectivity index (χ2v) is 4.54. The lowest BCUT2D eigenvalue weighted by Gasteiger charge is -2.07. The van der Waals surface area contributed by atoms with Gasteiger partial charge in [0.15, 0.2) is 5.82 Å². The number of nitrogens with zero attached hydrogens (tertiary/aromatic N) is 2. The monoisotopic (exact) mass is 267 g/mol. The van der Waals surface area contributed by atoms with Crippen LogP contribution in [0.25, 0.3) is 0 Å². The Morgan fingerprint density at radius 3 is 2.94 bits per heavy atom. The van der Waals surface area contributed by atoms with E-state index < -0.39 is 10.7 Å². The van der Waals surface area contributed by atoms with Crippen LogP contribution >= 0.6 is 11.3 Å². The van der Waals surface area contributed by atoms with E-state index in [9.17, 15) is 14.5 Å². The highest BCUT2D eigenvalue weighted by Gasteiger charge is 2.17. The van der Waals surface area contributed by atoms with Crippen molar-refractivity contribution in [3.63, 3.8) is 0 Å². The van der Waals surface area contributed by atoms with Crippen molar-refractivity contribution in [3.05, 3.63) is 50.2 Å². The standard InChI is InChI=1S/C11H10FN3O2S/c1-7-10(18-6-14-7)5-13-11-8(12)3-2-4-9(11)15(16)17/h2-4,6,13H,5H2,1H3. The van der Waals surface area contributed by atoms with Gasteiger partial charge in [0, 0.05) is 10.9 Å². The maximum atomic E-state index is 13.6. The molecule has 0 amide bonds. The number of nitrogens with one attached hydrogen (secondary N) is 1. The maximum absolute atomic E-state index is 13.6. The molecule has 0 atom stereocenters. The molecule has 0 saturated heterocycles. The van der Waals surface area contributed by atoms with E-state index in [1.807, 2.05) is 6.92 Å². The summed E-state index contributed by atoms with van der Waals surface area (Å²) < 4.78 is 13.6. The SMILES string of the molecule is Cc1ncsc1CNc1c(F)cccc1[N+](=O)[O-]. The molecule has 0 fully saturated rings. The van der Waals surface area contributed by atoms with Gasteiger partial charge in [-0.25, -0.2) is 9.37 Å². The average molecular weight is 267 g/mol. The highest BCUT2D eigenvalue weighted by Crippen LogP contribution is 2.28. The molecule has 5 nitrogen and oxygen atoms in total. The van der Waals surface area contributed by atoms with Crippen molar-refractivity contribution in [1.29, 1.82) is 0 Å². The summed E-state index contributed by atoms with van der Waals surface area (Å²) in [6.45, 7) is 2.15. The number of rotatable bonds is 4. The first-order valence-corrected chi connectivity index (χ1v) is 6.03. The number of thiazole rings is 1. The fourth-order valence-corrected chi connectivity index (χ4v) is 2.22. The predicted molar refractivity (Wildman–Crippen MR) is 67.2 cm³/mol. The number of aryl methyl sites for hydroxylation is 1. The fraction of sp³-hybridized carbons (Fsp3) is 0.182. The molecule has 0 aliphatic carbocycles. The summed E-state index contributed by atoms with van der Waals surface area (Å²) in [6, 6.07) is 3.77. The first-order valence-electron chi connectivity index (χ1n) is 5.15. The number of para-hydroxylation sites is 1. The lowest BCUT2D eigenvalue weighted by Crippen LogP contribution is -2.04. The Morgan fingerprint density at radius 1 is 1.56 bits per heavy atom. The van der Waals surface area contributed by atoms with Gasteiger partial charge >= 0.3 is 0 Å². The van der Waals surface area contributed by atoms with Gasteiger partial charge in [-0.15, -0.1) is 11.3 Å². The van der Waals surface area contributed by atoms with Crippen LogP contribution in [-0.4, -0.2) is 9.91 Å². The van der Waals surface area contributed by atoms with Gasteiger partial charge in [0.05, 0.1) is 22.7 Å². The number of anilines is 1. The van der Waals surface area contributed by atoms with Crippen molar-refractivity contribution in [3.8, 4) is 0 Å². The first-order chi connectivity index (χ1) is 8.59. The van der Waals surface area contributed by atoms with Gasteiger partial charge in [-0.1, -0.05) is 6.07 Å². The smallest absolute Gasteiger partial charge is 0.295 e. The minimum Gasteiger partial charge on any atom is -0.372 e. The van der Waals surface area contributed by atoms with Crippen molar-refractivity contribution in [2.75, 3.05) is 5.32 Å². The molecule has 7 heteroatoms. The fourth-order valence-electron chi connectivity index (χ4n) is 1.50. The summed E-state index contributed by atoms with van der Waals surface area (Å²) in [4.78, 5) is 15.2. The molecule has 1 heterocycles. The lowest BCUT2D eigenvalue weighted by atomic mass is 10.2. The molecule has 2 aromatic rings. The highest BCUT2D eigenvalue weighted by atomic mass is 32.1. The molecule has 0 saturated carbocycles. The highest BCUT2D eigenvalue weighted by molar-refractivity contribution is 7.09. The zero-order valence-corrected chi connectivity index (χ0v) is 10.3. The van der Waals surface area contributed by atoms with E-state index in [1.165, 1.54) is 29.5 Å². The van der Waals surface area contributed by atoms with Crippen LogP contribution in [0.5, 0.6) is 0 Å². The Labute approximate surface area is 106 Å². The first kappa shape index (κ1) is 12.4. The Balaban J connectivity index is 2.24. The second kappa shape index (κ2) is 5.09. The van der Waals surface area contributed by atoms with Crippen molar-refractivity contribution in [1.82, 2.24) is 4.98 Å².